The molecule has 0 unspecified atom stereocenters. The minimum atomic E-state index is -0.861. The second kappa shape index (κ2) is 7.76. The van der Waals surface area contributed by atoms with Gasteiger partial charge in [0.05, 0.1) is 5.71 Å². The summed E-state index contributed by atoms with van der Waals surface area (Å²) in [5.41, 5.74) is 0.875. The van der Waals surface area contributed by atoms with Crippen molar-refractivity contribution in [3.8, 4) is 0 Å². The molecule has 0 rings (SSSR count). The van der Waals surface area contributed by atoms with Crippen LogP contribution in [-0.2, 0) is 4.84 Å². The van der Waals surface area contributed by atoms with Gasteiger partial charge in [0.1, 0.15) is 5.60 Å². The molecule has 0 radical (unpaired) electrons. The van der Waals surface area contributed by atoms with Crippen molar-refractivity contribution in [2.24, 2.45) is 5.16 Å². The van der Waals surface area contributed by atoms with Gasteiger partial charge >= 0.3 is 0 Å². The molecule has 0 aliphatic rings. The third kappa shape index (κ3) is 15.1. The van der Waals surface area contributed by atoms with Crippen LogP contribution in [0, 0.1) is 0 Å². The number of oxime groups is 1. The lowest BCUT2D eigenvalue weighted by molar-refractivity contribution is 0.000836. The van der Waals surface area contributed by atoms with Gasteiger partial charge in [0, 0.05) is 16.3 Å². The Labute approximate surface area is 133 Å². The van der Waals surface area contributed by atoms with E-state index in [9.17, 15) is 0 Å². The van der Waals surface area contributed by atoms with E-state index in [-0.39, 0.29) is 10.3 Å². The lowest BCUT2D eigenvalue weighted by atomic mass is 10.2. The molecule has 0 fully saturated rings. The molecule has 0 heterocycles. The molecule has 2 nitrogen and oxygen atoms in total. The molecular weight excluding hydrogens is 314 g/mol. The zero-order valence-electron chi connectivity index (χ0n) is 13.4. The van der Waals surface area contributed by atoms with Crippen LogP contribution in [0.25, 0.3) is 0 Å². The predicted octanol–water partition coefficient (Wildman–Crippen LogP) is 5.25. The Balaban J connectivity index is 4.56. The normalized spacial score (nSPS) is 15.5. The summed E-state index contributed by atoms with van der Waals surface area (Å²) < 4.78 is 0.247. The third-order valence-electron chi connectivity index (χ3n) is 1.63. The molecule has 0 saturated heterocycles. The molecule has 19 heavy (non-hydrogen) atoms. The van der Waals surface area contributed by atoms with Crippen molar-refractivity contribution in [1.82, 2.24) is 0 Å². The van der Waals surface area contributed by atoms with Gasteiger partial charge in [-0.05, 0) is 33.3 Å². The number of thiol groups is 1. The molecule has 0 spiro atoms. The minimum Gasteiger partial charge on any atom is -0.390 e. The number of thioether (sulfide) groups is 1. The first-order valence-electron chi connectivity index (χ1n) is 6.26. The number of hydrogen-bond donors (Lipinski definition) is 1. The Morgan fingerprint density at radius 2 is 1.63 bits per heavy atom. The molecule has 0 bridgehead atoms. The van der Waals surface area contributed by atoms with Gasteiger partial charge < -0.3 is 4.84 Å². The lowest BCUT2D eigenvalue weighted by Gasteiger charge is -2.24. The number of hydrogen-bond acceptors (Lipinski definition) is 5. The Morgan fingerprint density at radius 1 is 1.11 bits per heavy atom. The highest BCUT2D eigenvalue weighted by Crippen LogP contribution is 2.57. The second-order valence-corrected chi connectivity index (χ2v) is 18.1. The van der Waals surface area contributed by atoms with Gasteiger partial charge in [-0.1, -0.05) is 36.7 Å². The van der Waals surface area contributed by atoms with E-state index in [1.54, 1.807) is 0 Å². The summed E-state index contributed by atoms with van der Waals surface area (Å²) in [4.78, 5) is 5.57. The van der Waals surface area contributed by atoms with E-state index in [0.717, 1.165) is 17.2 Å². The topological polar surface area (TPSA) is 21.6 Å². The SMILES string of the molecule is CC(C)(C)O/N=C(/CSC(C)(C)C)CSS(C)(C)S. The average Bonchev–Trinajstić information content (AvgIpc) is 2.11. The largest absolute Gasteiger partial charge is 0.390 e. The molecule has 0 aromatic carbocycles. The van der Waals surface area contributed by atoms with Gasteiger partial charge in [-0.15, -0.1) is 23.4 Å². The van der Waals surface area contributed by atoms with Gasteiger partial charge in [0.25, 0.3) is 0 Å². The first-order chi connectivity index (χ1) is 8.29. The maximum atomic E-state index is 5.57. The van der Waals surface area contributed by atoms with Gasteiger partial charge in [-0.3, -0.25) is 0 Å². The highest BCUT2D eigenvalue weighted by molar-refractivity contribution is 9.21. The van der Waals surface area contributed by atoms with Crippen LogP contribution in [0.5, 0.6) is 0 Å². The lowest BCUT2D eigenvalue weighted by Crippen LogP contribution is -2.20. The fourth-order valence-corrected chi connectivity index (χ4v) is 4.02. The first-order valence-corrected chi connectivity index (χ1v) is 12.3. The fourth-order valence-electron chi connectivity index (χ4n) is 0.808. The van der Waals surface area contributed by atoms with Crippen molar-refractivity contribution in [2.45, 2.75) is 51.9 Å². The number of rotatable bonds is 6. The van der Waals surface area contributed by atoms with Gasteiger partial charge in [0.2, 0.25) is 0 Å². The zero-order valence-corrected chi connectivity index (χ0v) is 16.8. The zero-order chi connectivity index (χ0) is 15.3. The van der Waals surface area contributed by atoms with Crippen molar-refractivity contribution in [3.63, 3.8) is 0 Å². The van der Waals surface area contributed by atoms with Gasteiger partial charge in [-0.2, -0.15) is 8.09 Å². The second-order valence-electron chi connectivity index (χ2n) is 6.71. The van der Waals surface area contributed by atoms with E-state index in [0.29, 0.717) is 0 Å². The summed E-state index contributed by atoms with van der Waals surface area (Å²) >= 11 is 6.53. The Hall–Kier alpha value is 0.870. The van der Waals surface area contributed by atoms with Gasteiger partial charge in [-0.25, -0.2) is 0 Å². The van der Waals surface area contributed by atoms with Crippen LogP contribution in [0.4, 0.5) is 0 Å². The summed E-state index contributed by atoms with van der Waals surface area (Å²) in [6.07, 6.45) is 4.36. The Kier molecular flexibility index (Phi) is 8.11. The van der Waals surface area contributed by atoms with E-state index < -0.39 is 8.09 Å². The molecule has 0 amide bonds. The monoisotopic (exact) mass is 343 g/mol. The fraction of sp³-hybridized carbons (Fsp3) is 0.923. The summed E-state index contributed by atoms with van der Waals surface area (Å²) in [5.74, 6) is 1.81. The molecule has 0 atom stereocenters. The van der Waals surface area contributed by atoms with E-state index in [2.05, 4.69) is 50.1 Å². The standard InChI is InChI=1S/C13H29NOS4/c1-12(2,3)15-14-11(9-17-13(4,5)6)10-18-19(7,8)16/h16H,9-10H2,1-8H3/b14-11-. The highest BCUT2D eigenvalue weighted by Gasteiger charge is 2.17. The predicted molar refractivity (Wildman–Crippen MR) is 101 cm³/mol. The van der Waals surface area contributed by atoms with Gasteiger partial charge in [0.15, 0.2) is 0 Å². The average molecular weight is 344 g/mol. The van der Waals surface area contributed by atoms with E-state index in [1.165, 1.54) is 0 Å². The molecule has 0 aromatic rings. The van der Waals surface area contributed by atoms with E-state index in [1.807, 2.05) is 43.3 Å². The van der Waals surface area contributed by atoms with Crippen LogP contribution >= 0.6 is 42.3 Å². The molecule has 0 saturated carbocycles. The molecule has 0 aromatic heterocycles. The summed E-state index contributed by atoms with van der Waals surface area (Å²) in [5, 5.41) is 4.36. The van der Waals surface area contributed by atoms with Crippen molar-refractivity contribution < 1.29 is 4.84 Å². The Bertz CT molecular complexity index is 277. The summed E-state index contributed by atoms with van der Waals surface area (Å²) in [7, 11) is 1.00. The third-order valence-corrected chi connectivity index (χ3v) is 7.04. The van der Waals surface area contributed by atoms with Crippen molar-refractivity contribution in [2.75, 3.05) is 24.0 Å². The van der Waals surface area contributed by atoms with E-state index >= 15 is 0 Å². The number of nitrogens with zero attached hydrogens (tertiary/aromatic N) is 1. The smallest absolute Gasteiger partial charge is 0.129 e. The maximum Gasteiger partial charge on any atom is 0.129 e. The molecule has 116 valence electrons. The molecule has 0 aliphatic carbocycles. The summed E-state index contributed by atoms with van der Waals surface area (Å²) in [6, 6.07) is 0. The molecule has 0 N–H and O–H groups in total. The van der Waals surface area contributed by atoms with Crippen LogP contribution < -0.4 is 0 Å². The van der Waals surface area contributed by atoms with E-state index in [4.69, 9.17) is 4.84 Å². The summed E-state index contributed by atoms with van der Waals surface area (Å²) in [6.45, 7) is 12.7. The van der Waals surface area contributed by atoms with Crippen LogP contribution in [0.3, 0.4) is 0 Å². The maximum absolute atomic E-state index is 5.57. The highest BCUT2D eigenvalue weighted by atomic mass is 33.5. The van der Waals surface area contributed by atoms with Crippen molar-refractivity contribution >= 4 is 48.0 Å². The minimum absolute atomic E-state index is 0.231. The Morgan fingerprint density at radius 3 is 2.00 bits per heavy atom. The molecule has 6 heteroatoms. The van der Waals surface area contributed by atoms with Crippen molar-refractivity contribution in [1.29, 1.82) is 0 Å². The van der Waals surface area contributed by atoms with Crippen LogP contribution in [-0.4, -0.2) is 40.1 Å². The molecular formula is C13H29NOS4. The quantitative estimate of drug-likeness (QED) is 0.308. The van der Waals surface area contributed by atoms with Crippen LogP contribution in [0.15, 0.2) is 5.16 Å². The van der Waals surface area contributed by atoms with Crippen molar-refractivity contribution in [3.05, 3.63) is 0 Å². The molecule has 0 aliphatic heterocycles. The first kappa shape index (κ1) is 19.9. The van der Waals surface area contributed by atoms with Crippen LogP contribution in [0.1, 0.15) is 41.5 Å². The van der Waals surface area contributed by atoms with Crippen LogP contribution in [0.2, 0.25) is 0 Å².